The van der Waals surface area contributed by atoms with Crippen molar-refractivity contribution < 1.29 is 26.7 Å². The number of hydrogen-bond donors (Lipinski definition) is 0. The second-order valence-corrected chi connectivity index (χ2v) is 4.72. The van der Waals surface area contributed by atoms with Crippen molar-refractivity contribution in [3.05, 3.63) is 0 Å². The van der Waals surface area contributed by atoms with Crippen molar-refractivity contribution in [1.29, 1.82) is 0 Å². The topological polar surface area (TPSA) is 17.1 Å². The second kappa shape index (κ2) is 7.89. The number of carbonyl (C=O) groups excluding carboxylic acids is 1. The van der Waals surface area contributed by atoms with Crippen molar-refractivity contribution in [2.75, 3.05) is 5.75 Å². The van der Waals surface area contributed by atoms with Crippen LogP contribution in [0, 0.1) is 0 Å². The molecule has 0 heterocycles. The fourth-order valence-corrected chi connectivity index (χ4v) is 1.84. The molecule has 17 heavy (non-hydrogen) atoms. The van der Waals surface area contributed by atoms with Gasteiger partial charge in [-0.1, -0.05) is 18.7 Å². The number of carbonyl (C=O) groups is 1. The first-order chi connectivity index (χ1) is 7.76. The lowest BCUT2D eigenvalue weighted by atomic mass is 10.1. The van der Waals surface area contributed by atoms with Gasteiger partial charge in [-0.05, 0) is 12.8 Å². The molecule has 0 aliphatic carbocycles. The first kappa shape index (κ1) is 16.7. The molecule has 0 aromatic heterocycles. The number of rotatable bonds is 7. The summed E-state index contributed by atoms with van der Waals surface area (Å²) in [6, 6.07) is 0. The quantitative estimate of drug-likeness (QED) is 0.516. The van der Waals surface area contributed by atoms with Gasteiger partial charge in [0.05, 0.1) is 6.42 Å². The highest BCUT2D eigenvalue weighted by Gasteiger charge is 2.35. The lowest BCUT2D eigenvalue weighted by Gasteiger charge is -2.15. The van der Waals surface area contributed by atoms with Crippen molar-refractivity contribution in [3.63, 3.8) is 0 Å². The van der Waals surface area contributed by atoms with E-state index in [-0.39, 0.29) is 18.0 Å². The predicted octanol–water partition coefficient (Wildman–Crippen LogP) is 4.07. The van der Waals surface area contributed by atoms with Crippen molar-refractivity contribution in [1.82, 2.24) is 0 Å². The molecule has 102 valence electrons. The molecule has 0 aliphatic rings. The van der Waals surface area contributed by atoms with Crippen LogP contribution in [0.2, 0.25) is 0 Å². The lowest BCUT2D eigenvalue weighted by molar-refractivity contribution is -0.151. The van der Waals surface area contributed by atoms with E-state index in [1.54, 1.807) is 6.92 Å². The van der Waals surface area contributed by atoms with E-state index in [2.05, 4.69) is 0 Å². The van der Waals surface area contributed by atoms with Gasteiger partial charge in [-0.25, -0.2) is 8.78 Å². The zero-order chi connectivity index (χ0) is 13.5. The monoisotopic (exact) mass is 278 g/mol. The third-order valence-corrected chi connectivity index (χ3v) is 3.10. The SMILES string of the molecule is CCC(=O)SCCCC(F)C(F)CC(F)(F)F. The summed E-state index contributed by atoms with van der Waals surface area (Å²) in [4.78, 5) is 10.8. The Hall–Kier alpha value is -0.330. The van der Waals surface area contributed by atoms with Crippen LogP contribution >= 0.6 is 11.8 Å². The Morgan fingerprint density at radius 1 is 1.24 bits per heavy atom. The Morgan fingerprint density at radius 3 is 2.29 bits per heavy atom. The Kier molecular flexibility index (Phi) is 7.74. The van der Waals surface area contributed by atoms with Gasteiger partial charge in [-0.2, -0.15) is 13.2 Å². The summed E-state index contributed by atoms with van der Waals surface area (Å²) in [6.45, 7) is 1.67. The van der Waals surface area contributed by atoms with E-state index < -0.39 is 24.9 Å². The third kappa shape index (κ3) is 9.38. The minimum atomic E-state index is -4.68. The number of hydrogen-bond acceptors (Lipinski definition) is 2. The lowest BCUT2D eigenvalue weighted by Crippen LogP contribution is -2.24. The molecular weight excluding hydrogens is 263 g/mol. The van der Waals surface area contributed by atoms with Crippen molar-refractivity contribution in [3.8, 4) is 0 Å². The number of alkyl halides is 5. The zero-order valence-corrected chi connectivity index (χ0v) is 10.2. The molecular formula is C10H15F5OS. The normalized spacial score (nSPS) is 15.6. The van der Waals surface area contributed by atoms with Gasteiger partial charge in [0.2, 0.25) is 0 Å². The van der Waals surface area contributed by atoms with Gasteiger partial charge in [0.15, 0.2) is 5.12 Å². The van der Waals surface area contributed by atoms with Crippen LogP contribution in [0.15, 0.2) is 0 Å². The average Bonchev–Trinajstić information content (AvgIpc) is 2.21. The first-order valence-corrected chi connectivity index (χ1v) is 6.25. The maximum absolute atomic E-state index is 13.0. The van der Waals surface area contributed by atoms with E-state index >= 15 is 0 Å². The van der Waals surface area contributed by atoms with Crippen LogP contribution in [0.3, 0.4) is 0 Å². The summed E-state index contributed by atoms with van der Waals surface area (Å²) in [5, 5.41) is -0.0625. The predicted molar refractivity (Wildman–Crippen MR) is 57.5 cm³/mol. The van der Waals surface area contributed by atoms with Crippen molar-refractivity contribution >= 4 is 16.9 Å². The Balaban J connectivity index is 3.71. The summed E-state index contributed by atoms with van der Waals surface area (Å²) < 4.78 is 61.0. The van der Waals surface area contributed by atoms with Crippen LogP contribution in [0.5, 0.6) is 0 Å². The van der Waals surface area contributed by atoms with Gasteiger partial charge >= 0.3 is 6.18 Å². The molecule has 0 aliphatic heterocycles. The molecule has 2 unspecified atom stereocenters. The van der Waals surface area contributed by atoms with Crippen LogP contribution in [0.4, 0.5) is 22.0 Å². The molecule has 0 rings (SSSR count). The number of thioether (sulfide) groups is 1. The molecule has 0 fully saturated rings. The minimum absolute atomic E-state index is 0.0625. The summed E-state index contributed by atoms with van der Waals surface area (Å²) in [6.07, 6.45) is -10.8. The van der Waals surface area contributed by atoms with Crippen LogP contribution in [-0.4, -0.2) is 29.4 Å². The zero-order valence-electron chi connectivity index (χ0n) is 9.40. The molecule has 0 radical (unpaired) electrons. The molecule has 1 nitrogen and oxygen atoms in total. The maximum atomic E-state index is 13.0. The molecule has 0 amide bonds. The van der Waals surface area contributed by atoms with Crippen molar-refractivity contribution in [2.24, 2.45) is 0 Å². The van der Waals surface area contributed by atoms with Gasteiger partial charge < -0.3 is 0 Å². The second-order valence-electron chi connectivity index (χ2n) is 3.57. The summed E-state index contributed by atoms with van der Waals surface area (Å²) in [7, 11) is 0. The van der Waals surface area contributed by atoms with Gasteiger partial charge in [0.1, 0.15) is 12.3 Å². The van der Waals surface area contributed by atoms with Gasteiger partial charge in [0, 0.05) is 12.2 Å². The van der Waals surface area contributed by atoms with Crippen LogP contribution < -0.4 is 0 Å². The van der Waals surface area contributed by atoms with E-state index in [9.17, 15) is 26.7 Å². The standard InChI is InChI=1S/C10H15F5OS/c1-2-9(16)17-5-3-4-7(11)8(12)6-10(13,14)15/h7-8H,2-6H2,1H3. The fourth-order valence-electron chi connectivity index (χ4n) is 1.10. The molecule has 0 N–H and O–H groups in total. The summed E-state index contributed by atoms with van der Waals surface area (Å²) in [5.41, 5.74) is 0. The minimum Gasteiger partial charge on any atom is -0.287 e. The molecule has 0 spiro atoms. The Labute approximate surface area is 101 Å². The van der Waals surface area contributed by atoms with E-state index in [0.717, 1.165) is 11.8 Å². The van der Waals surface area contributed by atoms with Crippen LogP contribution in [0.25, 0.3) is 0 Å². The molecule has 0 aromatic rings. The highest BCUT2D eigenvalue weighted by Crippen LogP contribution is 2.27. The third-order valence-electron chi connectivity index (χ3n) is 1.99. The fraction of sp³-hybridized carbons (Fsp3) is 0.900. The summed E-state index contributed by atoms with van der Waals surface area (Å²) >= 11 is 0.993. The summed E-state index contributed by atoms with van der Waals surface area (Å²) in [5.74, 6) is 0.311. The van der Waals surface area contributed by atoms with E-state index in [1.165, 1.54) is 0 Å². The first-order valence-electron chi connectivity index (χ1n) is 5.26. The van der Waals surface area contributed by atoms with Gasteiger partial charge in [-0.15, -0.1) is 0 Å². The molecule has 0 saturated carbocycles. The highest BCUT2D eigenvalue weighted by molar-refractivity contribution is 8.13. The van der Waals surface area contributed by atoms with E-state index in [1.807, 2.05) is 0 Å². The Morgan fingerprint density at radius 2 is 1.82 bits per heavy atom. The van der Waals surface area contributed by atoms with E-state index in [4.69, 9.17) is 0 Å². The maximum Gasteiger partial charge on any atom is 0.392 e. The van der Waals surface area contributed by atoms with Gasteiger partial charge in [0.25, 0.3) is 0 Å². The largest absolute Gasteiger partial charge is 0.392 e. The van der Waals surface area contributed by atoms with Crippen LogP contribution in [0.1, 0.15) is 32.6 Å². The van der Waals surface area contributed by atoms with E-state index in [0.29, 0.717) is 12.2 Å². The molecule has 0 bridgehead atoms. The molecule has 0 aromatic carbocycles. The average molecular weight is 278 g/mol. The Bertz CT molecular complexity index is 231. The van der Waals surface area contributed by atoms with Gasteiger partial charge in [-0.3, -0.25) is 4.79 Å². The molecule has 7 heteroatoms. The highest BCUT2D eigenvalue weighted by atomic mass is 32.2. The van der Waals surface area contributed by atoms with Crippen molar-refractivity contribution in [2.45, 2.75) is 51.1 Å². The molecule has 2 atom stereocenters. The molecule has 0 saturated heterocycles. The number of halogens is 5. The van der Waals surface area contributed by atoms with Crippen LogP contribution in [-0.2, 0) is 4.79 Å². The smallest absolute Gasteiger partial charge is 0.287 e.